The van der Waals surface area contributed by atoms with Gasteiger partial charge < -0.3 is 4.74 Å². The summed E-state index contributed by atoms with van der Waals surface area (Å²) in [5.74, 6) is -2.33. The van der Waals surface area contributed by atoms with Gasteiger partial charge in [0.05, 0.1) is 5.56 Å². The topological polar surface area (TPSA) is 18.5 Å². The molecule has 1 atom stereocenters. The van der Waals surface area contributed by atoms with Crippen LogP contribution in [0.5, 0.6) is 0 Å². The molecule has 2 rings (SSSR count). The van der Waals surface area contributed by atoms with Gasteiger partial charge in [0.2, 0.25) is 0 Å². The predicted molar refractivity (Wildman–Crippen MR) is 71.3 cm³/mol. The van der Waals surface area contributed by atoms with Gasteiger partial charge in [-0.1, -0.05) is 6.92 Å². The summed E-state index contributed by atoms with van der Waals surface area (Å²) in [4.78, 5) is 0.00321. The van der Waals surface area contributed by atoms with Crippen molar-refractivity contribution in [1.29, 1.82) is 0 Å². The summed E-state index contributed by atoms with van der Waals surface area (Å²) >= 11 is 1.05. The Morgan fingerprint density at radius 3 is 2.67 bits per heavy atom. The lowest BCUT2D eigenvalue weighted by molar-refractivity contribution is -0.332. The predicted octanol–water partition coefficient (Wildman–Crippen LogP) is 4.67. The van der Waals surface area contributed by atoms with Gasteiger partial charge >= 0.3 is 6.11 Å². The maximum Gasteiger partial charge on any atom is 0.388 e. The number of rotatable bonds is 5. The van der Waals surface area contributed by atoms with E-state index in [9.17, 15) is 17.6 Å². The highest BCUT2D eigenvalue weighted by molar-refractivity contribution is 7.99. The summed E-state index contributed by atoms with van der Waals surface area (Å²) in [6.45, 7) is 2.08. The molecule has 0 amide bonds. The average molecular weight is 324 g/mol. The largest absolute Gasteiger partial charge is 0.388 e. The molecule has 0 bridgehead atoms. The number of alkyl halides is 2. The van der Waals surface area contributed by atoms with Crippen molar-refractivity contribution >= 4 is 11.8 Å². The van der Waals surface area contributed by atoms with E-state index < -0.39 is 29.6 Å². The van der Waals surface area contributed by atoms with Crippen molar-refractivity contribution in [1.82, 2.24) is 0 Å². The summed E-state index contributed by atoms with van der Waals surface area (Å²) in [5, 5.41) is 0. The molecular formula is C14H16F4O2S. The standard InChI is InChI=1S/C14H16F4O2S/c1-2-21-10-7-6-9(12(15)13(10)16)14(17,18)20-11-5-3-4-8-19-11/h6-7,11H,2-5,8H2,1H3. The molecule has 1 aromatic carbocycles. The molecule has 0 saturated carbocycles. The number of thioether (sulfide) groups is 1. The SMILES string of the molecule is CCSc1ccc(C(F)(F)OC2CCCCO2)c(F)c1F. The second kappa shape index (κ2) is 6.98. The van der Waals surface area contributed by atoms with Gasteiger partial charge in [-0.3, -0.25) is 4.74 Å². The summed E-state index contributed by atoms with van der Waals surface area (Å²) in [6.07, 6.45) is -3.24. The second-order valence-electron chi connectivity index (χ2n) is 4.60. The number of hydrogen-bond acceptors (Lipinski definition) is 3. The first-order valence-corrected chi connectivity index (χ1v) is 7.72. The molecular weight excluding hydrogens is 308 g/mol. The molecule has 0 aliphatic carbocycles. The summed E-state index contributed by atoms with van der Waals surface area (Å²) < 4.78 is 65.1. The molecule has 1 unspecified atom stereocenters. The van der Waals surface area contributed by atoms with E-state index in [-0.39, 0.29) is 4.90 Å². The monoisotopic (exact) mass is 324 g/mol. The summed E-state index contributed by atoms with van der Waals surface area (Å²) in [7, 11) is 0. The fourth-order valence-electron chi connectivity index (χ4n) is 2.06. The molecule has 0 aromatic heterocycles. The van der Waals surface area contributed by atoms with Gasteiger partial charge in [-0.25, -0.2) is 8.78 Å². The zero-order chi connectivity index (χ0) is 15.5. The van der Waals surface area contributed by atoms with Crippen LogP contribution in [0.15, 0.2) is 17.0 Å². The lowest BCUT2D eigenvalue weighted by Crippen LogP contribution is -2.31. The zero-order valence-electron chi connectivity index (χ0n) is 11.5. The maximum atomic E-state index is 14.0. The van der Waals surface area contributed by atoms with Gasteiger partial charge in [-0.05, 0) is 37.1 Å². The van der Waals surface area contributed by atoms with Gasteiger partial charge in [0.25, 0.3) is 0 Å². The highest BCUT2D eigenvalue weighted by Crippen LogP contribution is 2.37. The third kappa shape index (κ3) is 3.90. The third-order valence-electron chi connectivity index (χ3n) is 3.08. The lowest BCUT2D eigenvalue weighted by atomic mass is 10.1. The van der Waals surface area contributed by atoms with Crippen LogP contribution in [0.2, 0.25) is 0 Å². The summed E-state index contributed by atoms with van der Waals surface area (Å²) in [5.41, 5.74) is -1.10. The first-order chi connectivity index (χ1) is 9.95. The van der Waals surface area contributed by atoms with Gasteiger partial charge in [0, 0.05) is 11.5 Å². The Hall–Kier alpha value is -0.790. The minimum Gasteiger partial charge on any atom is -0.352 e. The molecule has 1 heterocycles. The van der Waals surface area contributed by atoms with E-state index in [1.54, 1.807) is 6.92 Å². The zero-order valence-corrected chi connectivity index (χ0v) is 12.3. The molecule has 1 saturated heterocycles. The van der Waals surface area contributed by atoms with Crippen LogP contribution in [-0.2, 0) is 15.6 Å². The van der Waals surface area contributed by atoms with E-state index in [0.29, 0.717) is 25.2 Å². The van der Waals surface area contributed by atoms with Crippen LogP contribution < -0.4 is 0 Å². The molecule has 0 spiro atoms. The number of hydrogen-bond donors (Lipinski definition) is 0. The first kappa shape index (κ1) is 16.6. The van der Waals surface area contributed by atoms with Crippen LogP contribution >= 0.6 is 11.8 Å². The molecule has 1 fully saturated rings. The molecule has 1 aliphatic heterocycles. The van der Waals surface area contributed by atoms with E-state index in [0.717, 1.165) is 30.3 Å². The fourth-order valence-corrected chi connectivity index (χ4v) is 2.75. The van der Waals surface area contributed by atoms with Crippen molar-refractivity contribution in [3.63, 3.8) is 0 Å². The van der Waals surface area contributed by atoms with Crippen LogP contribution in [0.3, 0.4) is 0 Å². The van der Waals surface area contributed by atoms with E-state index in [1.165, 1.54) is 0 Å². The number of benzene rings is 1. The van der Waals surface area contributed by atoms with E-state index in [2.05, 4.69) is 4.74 Å². The quantitative estimate of drug-likeness (QED) is 0.579. The normalized spacial score (nSPS) is 19.8. The highest BCUT2D eigenvalue weighted by Gasteiger charge is 2.40. The average Bonchev–Trinajstić information content (AvgIpc) is 2.44. The first-order valence-electron chi connectivity index (χ1n) is 6.74. The van der Waals surface area contributed by atoms with Crippen molar-refractivity contribution < 1.29 is 27.0 Å². The highest BCUT2D eigenvalue weighted by atomic mass is 32.2. The van der Waals surface area contributed by atoms with Crippen molar-refractivity contribution in [3.8, 4) is 0 Å². The molecule has 118 valence electrons. The molecule has 21 heavy (non-hydrogen) atoms. The van der Waals surface area contributed by atoms with Crippen LogP contribution in [-0.4, -0.2) is 18.6 Å². The minimum atomic E-state index is -3.93. The third-order valence-corrected chi connectivity index (χ3v) is 3.99. The Kier molecular flexibility index (Phi) is 5.51. The van der Waals surface area contributed by atoms with Crippen LogP contribution in [0, 0.1) is 11.6 Å². The van der Waals surface area contributed by atoms with Gasteiger partial charge in [0.1, 0.15) is 0 Å². The molecule has 1 aromatic rings. The minimum absolute atomic E-state index is 0.00321. The molecule has 1 aliphatic rings. The van der Waals surface area contributed by atoms with E-state index >= 15 is 0 Å². The number of halogens is 4. The Morgan fingerprint density at radius 1 is 1.29 bits per heavy atom. The second-order valence-corrected chi connectivity index (χ2v) is 5.91. The number of ether oxygens (including phenoxy) is 2. The Morgan fingerprint density at radius 2 is 2.05 bits per heavy atom. The van der Waals surface area contributed by atoms with Gasteiger partial charge in [0.15, 0.2) is 17.9 Å². The fraction of sp³-hybridized carbons (Fsp3) is 0.571. The molecule has 0 radical (unpaired) electrons. The smallest absolute Gasteiger partial charge is 0.352 e. The van der Waals surface area contributed by atoms with Crippen molar-refractivity contribution in [2.45, 2.75) is 43.5 Å². The molecule has 0 N–H and O–H groups in total. The Labute approximate surface area is 124 Å². The van der Waals surface area contributed by atoms with Crippen LogP contribution in [0.4, 0.5) is 17.6 Å². The van der Waals surface area contributed by atoms with E-state index in [4.69, 9.17) is 4.74 Å². The molecule has 2 nitrogen and oxygen atoms in total. The van der Waals surface area contributed by atoms with Crippen molar-refractivity contribution in [3.05, 3.63) is 29.3 Å². The van der Waals surface area contributed by atoms with Gasteiger partial charge in [-0.2, -0.15) is 8.78 Å². The van der Waals surface area contributed by atoms with Gasteiger partial charge in [-0.15, -0.1) is 11.8 Å². The summed E-state index contributed by atoms with van der Waals surface area (Å²) in [6, 6.07) is 2.00. The van der Waals surface area contributed by atoms with Crippen LogP contribution in [0.1, 0.15) is 31.7 Å². The Balaban J connectivity index is 2.20. The van der Waals surface area contributed by atoms with Crippen molar-refractivity contribution in [2.75, 3.05) is 12.4 Å². The Bertz CT molecular complexity index is 490. The van der Waals surface area contributed by atoms with E-state index in [1.807, 2.05) is 0 Å². The van der Waals surface area contributed by atoms with Crippen LogP contribution in [0.25, 0.3) is 0 Å². The molecule has 7 heteroatoms. The van der Waals surface area contributed by atoms with Crippen molar-refractivity contribution in [2.24, 2.45) is 0 Å². The maximum absolute atomic E-state index is 14.0. The lowest BCUT2D eigenvalue weighted by Gasteiger charge is -2.27.